The molecule has 0 atom stereocenters. The quantitative estimate of drug-likeness (QED) is 0.581. The lowest BCUT2D eigenvalue weighted by Gasteiger charge is -2.38. The SMILES string of the molecule is COc1ccc2c(c1)N(CN1CCN(S(=O)(=O)N3CCOCC3)CC1)C(=O)C2=O. The number of piperazine rings is 1. The summed E-state index contributed by atoms with van der Waals surface area (Å²) in [6.07, 6.45) is 0. The minimum absolute atomic E-state index is 0.232. The number of nitrogens with zero attached hydrogens (tertiary/aromatic N) is 4. The van der Waals surface area contributed by atoms with Gasteiger partial charge in [0.1, 0.15) is 5.75 Å². The summed E-state index contributed by atoms with van der Waals surface area (Å²) in [4.78, 5) is 28.1. The molecule has 11 heteroatoms. The normalized spacial score (nSPS) is 22.2. The lowest BCUT2D eigenvalue weighted by molar-refractivity contribution is -0.114. The van der Waals surface area contributed by atoms with Crippen molar-refractivity contribution in [2.75, 3.05) is 71.2 Å². The molecule has 158 valence electrons. The molecule has 2 fully saturated rings. The number of fused-ring (bicyclic) bond motifs is 1. The molecule has 4 rings (SSSR count). The standard InChI is InChI=1S/C18H24N4O6S/c1-27-14-2-3-15-16(12-14)22(18(24)17(15)23)13-19-4-6-20(7-5-19)29(25,26)21-8-10-28-11-9-21/h2-3,12H,4-11,13H2,1H3. The predicted molar refractivity (Wildman–Crippen MR) is 104 cm³/mol. The Kier molecular flexibility index (Phi) is 5.58. The first kappa shape index (κ1) is 20.2. The number of rotatable bonds is 5. The van der Waals surface area contributed by atoms with Gasteiger partial charge in [0, 0.05) is 45.3 Å². The maximum absolute atomic E-state index is 12.8. The van der Waals surface area contributed by atoms with Crippen molar-refractivity contribution < 1.29 is 27.5 Å². The van der Waals surface area contributed by atoms with Gasteiger partial charge in [-0.1, -0.05) is 0 Å². The smallest absolute Gasteiger partial charge is 0.300 e. The maximum Gasteiger partial charge on any atom is 0.300 e. The molecule has 1 amide bonds. The zero-order valence-electron chi connectivity index (χ0n) is 16.2. The number of carbonyl (C=O) groups is 2. The minimum atomic E-state index is -3.50. The third kappa shape index (κ3) is 3.76. The number of hydrogen-bond donors (Lipinski definition) is 0. The van der Waals surface area contributed by atoms with Gasteiger partial charge in [0.2, 0.25) is 0 Å². The summed E-state index contributed by atoms with van der Waals surface area (Å²) in [6, 6.07) is 4.93. The van der Waals surface area contributed by atoms with Crippen LogP contribution in [-0.4, -0.2) is 99.9 Å². The van der Waals surface area contributed by atoms with Crippen LogP contribution < -0.4 is 9.64 Å². The number of benzene rings is 1. The molecule has 0 radical (unpaired) electrons. The molecule has 10 nitrogen and oxygen atoms in total. The Labute approximate surface area is 169 Å². The molecular weight excluding hydrogens is 400 g/mol. The summed E-state index contributed by atoms with van der Waals surface area (Å²) in [5, 5.41) is 0. The highest BCUT2D eigenvalue weighted by Crippen LogP contribution is 2.32. The average Bonchev–Trinajstić information content (AvgIpc) is 2.99. The highest BCUT2D eigenvalue weighted by molar-refractivity contribution is 7.86. The van der Waals surface area contributed by atoms with Crippen LogP contribution in [0.4, 0.5) is 5.69 Å². The van der Waals surface area contributed by atoms with Crippen molar-refractivity contribution in [1.29, 1.82) is 0 Å². The van der Waals surface area contributed by atoms with Gasteiger partial charge >= 0.3 is 5.91 Å². The monoisotopic (exact) mass is 424 g/mol. The van der Waals surface area contributed by atoms with E-state index < -0.39 is 21.9 Å². The Balaban J connectivity index is 1.41. The summed E-state index contributed by atoms with van der Waals surface area (Å²) in [7, 11) is -1.98. The Morgan fingerprint density at radius 1 is 1.00 bits per heavy atom. The lowest BCUT2D eigenvalue weighted by atomic mass is 10.1. The lowest BCUT2D eigenvalue weighted by Crippen LogP contribution is -2.56. The van der Waals surface area contributed by atoms with Crippen LogP contribution in [0.1, 0.15) is 10.4 Å². The Morgan fingerprint density at radius 2 is 1.66 bits per heavy atom. The molecule has 0 unspecified atom stereocenters. The van der Waals surface area contributed by atoms with Gasteiger partial charge in [0.15, 0.2) is 0 Å². The first-order valence-electron chi connectivity index (χ1n) is 9.51. The minimum Gasteiger partial charge on any atom is -0.497 e. The largest absolute Gasteiger partial charge is 0.497 e. The number of amides is 1. The van der Waals surface area contributed by atoms with E-state index in [-0.39, 0.29) is 6.67 Å². The van der Waals surface area contributed by atoms with E-state index in [1.165, 1.54) is 20.6 Å². The third-order valence-electron chi connectivity index (χ3n) is 5.48. The summed E-state index contributed by atoms with van der Waals surface area (Å²) in [5.74, 6) is -0.537. The topological polar surface area (TPSA) is 99.7 Å². The summed E-state index contributed by atoms with van der Waals surface area (Å²) < 4.78 is 38.9. The van der Waals surface area contributed by atoms with Gasteiger partial charge < -0.3 is 9.47 Å². The molecule has 1 aromatic rings. The number of anilines is 1. The number of methoxy groups -OCH3 is 1. The van der Waals surface area contributed by atoms with Crippen molar-refractivity contribution in [3.05, 3.63) is 23.8 Å². The number of ketones is 1. The van der Waals surface area contributed by atoms with E-state index in [2.05, 4.69) is 0 Å². The van der Waals surface area contributed by atoms with E-state index in [0.29, 0.717) is 69.5 Å². The Hall–Kier alpha value is -2.05. The van der Waals surface area contributed by atoms with Crippen molar-refractivity contribution in [2.45, 2.75) is 0 Å². The second kappa shape index (κ2) is 8.00. The van der Waals surface area contributed by atoms with Gasteiger partial charge in [0.05, 0.1) is 38.2 Å². The van der Waals surface area contributed by atoms with Gasteiger partial charge in [0.25, 0.3) is 16.0 Å². The van der Waals surface area contributed by atoms with Crippen molar-refractivity contribution in [2.24, 2.45) is 0 Å². The fourth-order valence-corrected chi connectivity index (χ4v) is 5.35. The first-order valence-corrected chi connectivity index (χ1v) is 10.9. The number of hydrogen-bond acceptors (Lipinski definition) is 7. The second-order valence-corrected chi connectivity index (χ2v) is 9.05. The van der Waals surface area contributed by atoms with Crippen LogP contribution in [0.15, 0.2) is 18.2 Å². The first-order chi connectivity index (χ1) is 13.9. The molecule has 1 aromatic carbocycles. The highest BCUT2D eigenvalue weighted by Gasteiger charge is 2.38. The molecule has 0 saturated carbocycles. The van der Waals surface area contributed by atoms with Crippen LogP contribution >= 0.6 is 0 Å². The van der Waals surface area contributed by atoms with Crippen LogP contribution in [0.2, 0.25) is 0 Å². The van der Waals surface area contributed by atoms with Crippen molar-refractivity contribution >= 4 is 27.6 Å². The van der Waals surface area contributed by atoms with E-state index >= 15 is 0 Å². The molecule has 3 heterocycles. The fraction of sp³-hybridized carbons (Fsp3) is 0.556. The molecule has 0 aromatic heterocycles. The molecule has 0 aliphatic carbocycles. The van der Waals surface area contributed by atoms with E-state index in [9.17, 15) is 18.0 Å². The van der Waals surface area contributed by atoms with E-state index in [1.807, 2.05) is 4.90 Å². The number of ether oxygens (including phenoxy) is 2. The van der Waals surface area contributed by atoms with Crippen LogP contribution in [0, 0.1) is 0 Å². The van der Waals surface area contributed by atoms with Gasteiger partial charge in [-0.3, -0.25) is 19.4 Å². The zero-order chi connectivity index (χ0) is 20.6. The van der Waals surface area contributed by atoms with Crippen LogP contribution in [0.3, 0.4) is 0 Å². The molecule has 0 spiro atoms. The molecule has 3 aliphatic heterocycles. The van der Waals surface area contributed by atoms with Gasteiger partial charge in [-0.2, -0.15) is 17.0 Å². The van der Waals surface area contributed by atoms with Crippen LogP contribution in [-0.2, 0) is 19.7 Å². The molecule has 0 bridgehead atoms. The molecule has 2 saturated heterocycles. The Bertz CT molecular complexity index is 907. The van der Waals surface area contributed by atoms with Gasteiger partial charge in [-0.05, 0) is 12.1 Å². The second-order valence-electron chi connectivity index (χ2n) is 7.12. The number of carbonyl (C=O) groups excluding carboxylic acids is 2. The third-order valence-corrected chi connectivity index (χ3v) is 7.51. The number of Topliss-reactive ketones (excluding diaryl/α,β-unsaturated/α-hetero) is 1. The number of morpholine rings is 1. The Morgan fingerprint density at radius 3 is 2.31 bits per heavy atom. The highest BCUT2D eigenvalue weighted by atomic mass is 32.2. The van der Waals surface area contributed by atoms with E-state index in [4.69, 9.17) is 9.47 Å². The van der Waals surface area contributed by atoms with Crippen molar-refractivity contribution in [3.63, 3.8) is 0 Å². The van der Waals surface area contributed by atoms with Gasteiger partial charge in [-0.15, -0.1) is 0 Å². The molecule has 3 aliphatic rings. The maximum atomic E-state index is 12.8. The zero-order valence-corrected chi connectivity index (χ0v) is 17.1. The van der Waals surface area contributed by atoms with Crippen LogP contribution in [0.25, 0.3) is 0 Å². The summed E-state index contributed by atoms with van der Waals surface area (Å²) >= 11 is 0. The van der Waals surface area contributed by atoms with Crippen molar-refractivity contribution in [1.82, 2.24) is 13.5 Å². The van der Waals surface area contributed by atoms with E-state index in [0.717, 1.165) is 0 Å². The van der Waals surface area contributed by atoms with Gasteiger partial charge in [-0.25, -0.2) is 0 Å². The molecule has 29 heavy (non-hydrogen) atoms. The van der Waals surface area contributed by atoms with Crippen molar-refractivity contribution in [3.8, 4) is 5.75 Å². The molecular formula is C18H24N4O6S. The predicted octanol–water partition coefficient (Wildman–Crippen LogP) is -0.623. The average molecular weight is 424 g/mol. The molecule has 0 N–H and O–H groups in total. The van der Waals surface area contributed by atoms with E-state index in [1.54, 1.807) is 18.2 Å². The summed E-state index contributed by atoms with van der Waals surface area (Å²) in [5.41, 5.74) is 0.895. The summed E-state index contributed by atoms with van der Waals surface area (Å²) in [6.45, 7) is 3.40. The van der Waals surface area contributed by atoms with Crippen LogP contribution in [0.5, 0.6) is 5.75 Å². The fourth-order valence-electron chi connectivity index (χ4n) is 3.78.